The van der Waals surface area contributed by atoms with Gasteiger partial charge < -0.3 is 13.9 Å². The van der Waals surface area contributed by atoms with Gasteiger partial charge >= 0.3 is 11.8 Å². The van der Waals surface area contributed by atoms with E-state index in [1.807, 2.05) is 39.0 Å². The van der Waals surface area contributed by atoms with Crippen molar-refractivity contribution >= 4 is 6.09 Å². The van der Waals surface area contributed by atoms with Crippen LogP contribution in [0.25, 0.3) is 5.69 Å². The molecule has 164 valence electrons. The molecule has 0 saturated carbocycles. The highest BCUT2D eigenvalue weighted by atomic mass is 16.6. The number of rotatable bonds is 4. The molecule has 0 N–H and O–H groups in total. The van der Waals surface area contributed by atoms with Crippen LogP contribution in [0, 0.1) is 5.92 Å². The van der Waals surface area contributed by atoms with Crippen molar-refractivity contribution in [2.24, 2.45) is 5.92 Å². The molecule has 1 aromatic carbocycles. The Kier molecular flexibility index (Phi) is 5.82. The van der Waals surface area contributed by atoms with Crippen molar-refractivity contribution in [2.75, 3.05) is 0 Å². The Hall–Kier alpha value is -2.61. The fourth-order valence-corrected chi connectivity index (χ4v) is 3.71. The van der Waals surface area contributed by atoms with Crippen LogP contribution >= 0.6 is 0 Å². The normalized spacial score (nSPS) is 21.3. The number of nitrogens with zero attached hydrogens (tertiary/aromatic N) is 3. The van der Waals surface area contributed by atoms with Gasteiger partial charge in [0.15, 0.2) is 6.10 Å². The predicted molar refractivity (Wildman–Crippen MR) is 111 cm³/mol. The maximum atomic E-state index is 13.0. The van der Waals surface area contributed by atoms with Gasteiger partial charge in [-0.25, -0.2) is 9.59 Å². The highest BCUT2D eigenvalue weighted by Gasteiger charge is 2.53. The molecule has 0 spiro atoms. The van der Waals surface area contributed by atoms with Crippen molar-refractivity contribution in [3.63, 3.8) is 0 Å². The Morgan fingerprint density at radius 2 is 1.87 bits per heavy atom. The second-order valence-corrected chi connectivity index (χ2v) is 9.49. The third-order valence-corrected chi connectivity index (χ3v) is 4.79. The smallest absolute Gasteiger partial charge is 0.442 e. The molecular formula is C22H31N3O5. The van der Waals surface area contributed by atoms with Crippen molar-refractivity contribution in [1.29, 1.82) is 0 Å². The molecule has 1 aliphatic heterocycles. The van der Waals surface area contributed by atoms with Crippen molar-refractivity contribution in [3.8, 4) is 5.69 Å². The van der Waals surface area contributed by atoms with Gasteiger partial charge in [-0.3, -0.25) is 4.90 Å². The first-order valence-electron chi connectivity index (χ1n) is 10.2. The predicted octanol–water partition coefficient (Wildman–Crippen LogP) is 4.28. The molecule has 0 bridgehead atoms. The van der Waals surface area contributed by atoms with Gasteiger partial charge in [0.05, 0.1) is 11.7 Å². The molecule has 1 fully saturated rings. The minimum absolute atomic E-state index is 0.147. The molecule has 8 nitrogen and oxygen atoms in total. The average molecular weight is 418 g/mol. The van der Waals surface area contributed by atoms with E-state index >= 15 is 0 Å². The van der Waals surface area contributed by atoms with Gasteiger partial charge in [0.1, 0.15) is 11.3 Å². The lowest BCUT2D eigenvalue weighted by molar-refractivity contribution is -0.0840. The lowest BCUT2D eigenvalue weighted by atomic mass is 9.98. The molecule has 1 aromatic heterocycles. The number of hydrogen-bond acceptors (Lipinski definition) is 6. The maximum Gasteiger partial charge on any atom is 0.442 e. The van der Waals surface area contributed by atoms with Crippen LogP contribution in [0.5, 0.6) is 0 Å². The van der Waals surface area contributed by atoms with E-state index in [0.717, 1.165) is 0 Å². The van der Waals surface area contributed by atoms with Gasteiger partial charge in [-0.15, -0.1) is 5.10 Å². The number of ether oxygens (including phenoxy) is 2. The summed E-state index contributed by atoms with van der Waals surface area (Å²) in [6.45, 7) is 13.2. The molecular weight excluding hydrogens is 386 g/mol. The third kappa shape index (κ3) is 4.59. The van der Waals surface area contributed by atoms with Crippen LogP contribution < -0.4 is 5.76 Å². The van der Waals surface area contributed by atoms with E-state index in [2.05, 4.69) is 18.9 Å². The second-order valence-electron chi connectivity index (χ2n) is 9.49. The number of carbonyl (C=O) groups excluding carboxylic acids is 1. The first kappa shape index (κ1) is 22.1. The Morgan fingerprint density at radius 3 is 2.43 bits per heavy atom. The number of para-hydroxylation sites is 1. The molecule has 2 atom stereocenters. The first-order chi connectivity index (χ1) is 13.9. The number of hydrogen-bond donors (Lipinski definition) is 0. The molecule has 1 unspecified atom stereocenters. The summed E-state index contributed by atoms with van der Waals surface area (Å²) in [6, 6.07) is 8.64. The van der Waals surface area contributed by atoms with Crippen LogP contribution in [0.1, 0.15) is 66.9 Å². The summed E-state index contributed by atoms with van der Waals surface area (Å²) in [4.78, 5) is 27.1. The molecule has 30 heavy (non-hydrogen) atoms. The van der Waals surface area contributed by atoms with Crippen molar-refractivity contribution in [1.82, 2.24) is 14.7 Å². The number of carbonyl (C=O) groups is 1. The largest absolute Gasteiger partial charge is 0.444 e. The third-order valence-electron chi connectivity index (χ3n) is 4.79. The number of amides is 1. The first-order valence-corrected chi connectivity index (χ1v) is 10.2. The zero-order valence-corrected chi connectivity index (χ0v) is 18.7. The van der Waals surface area contributed by atoms with Gasteiger partial charge in [0.25, 0.3) is 0 Å². The van der Waals surface area contributed by atoms with Crippen LogP contribution in [-0.2, 0) is 9.47 Å². The zero-order chi connectivity index (χ0) is 22.3. The molecule has 1 amide bonds. The van der Waals surface area contributed by atoms with E-state index in [1.165, 1.54) is 4.68 Å². The van der Waals surface area contributed by atoms with Crippen LogP contribution in [0.4, 0.5) is 4.79 Å². The molecule has 2 aromatic rings. The Morgan fingerprint density at radius 1 is 1.23 bits per heavy atom. The quantitative estimate of drug-likeness (QED) is 0.738. The fraction of sp³-hybridized carbons (Fsp3) is 0.591. The van der Waals surface area contributed by atoms with E-state index in [4.69, 9.17) is 13.9 Å². The zero-order valence-electron chi connectivity index (χ0n) is 18.7. The van der Waals surface area contributed by atoms with Gasteiger partial charge in [0, 0.05) is 0 Å². The Labute approximate surface area is 176 Å². The van der Waals surface area contributed by atoms with E-state index < -0.39 is 35.3 Å². The lowest BCUT2D eigenvalue weighted by Crippen LogP contribution is -2.50. The van der Waals surface area contributed by atoms with Crippen molar-refractivity contribution in [3.05, 3.63) is 46.8 Å². The molecule has 2 heterocycles. The van der Waals surface area contributed by atoms with E-state index in [-0.39, 0.29) is 11.8 Å². The summed E-state index contributed by atoms with van der Waals surface area (Å²) in [6.07, 6.45) is -0.520. The van der Waals surface area contributed by atoms with E-state index in [0.29, 0.717) is 12.1 Å². The van der Waals surface area contributed by atoms with Crippen LogP contribution in [0.15, 0.2) is 39.5 Å². The van der Waals surface area contributed by atoms with Gasteiger partial charge in [0.2, 0.25) is 5.89 Å². The standard InChI is InChI=1S/C22H31N3O5/c1-14(2)13-16-17(29-22(6,7)24(16)19(26)30-21(3,4)5)18-23-25(20(27)28-18)15-11-9-8-10-12-15/h8-12,14,16-17H,13H2,1-7H3/t16-,17?/m0/s1. The highest BCUT2D eigenvalue weighted by Crippen LogP contribution is 2.43. The molecule has 0 aliphatic carbocycles. The van der Waals surface area contributed by atoms with Crippen LogP contribution in [0.2, 0.25) is 0 Å². The monoisotopic (exact) mass is 417 g/mol. The van der Waals surface area contributed by atoms with Crippen LogP contribution in [-0.4, -0.2) is 38.1 Å². The van der Waals surface area contributed by atoms with Crippen molar-refractivity contribution in [2.45, 2.75) is 78.4 Å². The Balaban J connectivity index is 2.00. The fourth-order valence-electron chi connectivity index (χ4n) is 3.71. The van der Waals surface area contributed by atoms with Gasteiger partial charge in [-0.05, 0) is 59.1 Å². The summed E-state index contributed by atoms with van der Waals surface area (Å²) in [5, 5.41) is 4.39. The van der Waals surface area contributed by atoms with Gasteiger partial charge in [-0.2, -0.15) is 4.68 Å². The summed E-state index contributed by atoms with van der Waals surface area (Å²) >= 11 is 0. The van der Waals surface area contributed by atoms with Crippen LogP contribution in [0.3, 0.4) is 0 Å². The summed E-state index contributed by atoms with van der Waals surface area (Å²) < 4.78 is 18.5. The molecule has 1 aliphatic rings. The molecule has 3 rings (SSSR count). The second kappa shape index (κ2) is 7.91. The van der Waals surface area contributed by atoms with Gasteiger partial charge in [-0.1, -0.05) is 32.0 Å². The van der Waals surface area contributed by atoms with Crippen molar-refractivity contribution < 1.29 is 18.7 Å². The highest BCUT2D eigenvalue weighted by molar-refractivity contribution is 5.70. The van der Waals surface area contributed by atoms with E-state index in [9.17, 15) is 9.59 Å². The van der Waals surface area contributed by atoms with E-state index in [1.54, 1.807) is 30.9 Å². The SMILES string of the molecule is CC(C)C[C@H]1C(c2nn(-c3ccccc3)c(=O)o2)OC(C)(C)N1C(=O)OC(C)(C)C. The maximum absolute atomic E-state index is 13.0. The Bertz CT molecular complexity index is 940. The molecule has 1 saturated heterocycles. The topological polar surface area (TPSA) is 86.8 Å². The molecule has 0 radical (unpaired) electrons. The summed E-state index contributed by atoms with van der Waals surface area (Å²) in [5.74, 6) is -0.187. The average Bonchev–Trinajstić information content (AvgIpc) is 3.10. The molecule has 8 heteroatoms. The summed E-state index contributed by atoms with van der Waals surface area (Å²) in [7, 11) is 0. The minimum atomic E-state index is -0.957. The number of benzene rings is 1. The minimum Gasteiger partial charge on any atom is -0.444 e. The summed E-state index contributed by atoms with van der Waals surface area (Å²) in [5.41, 5.74) is -1.00. The number of aromatic nitrogens is 2. The lowest BCUT2D eigenvalue weighted by Gasteiger charge is -2.35.